The SMILES string of the molecule is CCCCCCCCCCCCCCCCCCCCCCCCOCC(COC1OC(CO)C(O)C(O)C1O)OC(=O)CCCCCC. The maximum absolute atomic E-state index is 12.4. The minimum Gasteiger partial charge on any atom is -0.457 e. The summed E-state index contributed by atoms with van der Waals surface area (Å²) in [5.74, 6) is -0.327. The fraction of sp³-hybridized carbons (Fsp3) is 0.975. The molecule has 0 radical (unpaired) electrons. The molecule has 0 bridgehead atoms. The Bertz CT molecular complexity index is 722. The zero-order chi connectivity index (χ0) is 35.8. The summed E-state index contributed by atoms with van der Waals surface area (Å²) in [6.07, 6.45) is 26.3. The summed E-state index contributed by atoms with van der Waals surface area (Å²) in [6.45, 7) is 4.46. The third-order valence-corrected chi connectivity index (χ3v) is 9.77. The van der Waals surface area contributed by atoms with Gasteiger partial charge in [0.05, 0.1) is 19.8 Å². The maximum atomic E-state index is 12.4. The van der Waals surface area contributed by atoms with E-state index in [-0.39, 0.29) is 19.2 Å². The molecule has 4 N–H and O–H groups in total. The molecule has 9 heteroatoms. The summed E-state index contributed by atoms with van der Waals surface area (Å²) in [7, 11) is 0. The zero-order valence-electron chi connectivity index (χ0n) is 31.7. The number of unbranched alkanes of at least 4 members (excludes halogenated alkanes) is 24. The molecular formula is C40H78O9. The van der Waals surface area contributed by atoms with Gasteiger partial charge in [0.25, 0.3) is 0 Å². The van der Waals surface area contributed by atoms with Crippen molar-refractivity contribution in [3.63, 3.8) is 0 Å². The molecule has 292 valence electrons. The van der Waals surface area contributed by atoms with Gasteiger partial charge in [-0.1, -0.05) is 168 Å². The Morgan fingerprint density at radius 2 is 1.00 bits per heavy atom. The van der Waals surface area contributed by atoms with Gasteiger partial charge in [-0.3, -0.25) is 4.79 Å². The number of aliphatic hydroxyl groups excluding tert-OH is 4. The number of ether oxygens (including phenoxy) is 4. The summed E-state index contributed by atoms with van der Waals surface area (Å²) < 4.78 is 22.5. The maximum Gasteiger partial charge on any atom is 0.306 e. The van der Waals surface area contributed by atoms with Gasteiger partial charge >= 0.3 is 5.97 Å². The van der Waals surface area contributed by atoms with Gasteiger partial charge in [-0.15, -0.1) is 0 Å². The second kappa shape index (κ2) is 33.1. The van der Waals surface area contributed by atoms with Crippen LogP contribution >= 0.6 is 0 Å². The van der Waals surface area contributed by atoms with Crippen LogP contribution in [0.2, 0.25) is 0 Å². The molecule has 1 aliphatic heterocycles. The molecule has 0 saturated carbocycles. The average Bonchev–Trinajstić information content (AvgIpc) is 3.10. The van der Waals surface area contributed by atoms with Gasteiger partial charge in [0, 0.05) is 13.0 Å². The summed E-state index contributed by atoms with van der Waals surface area (Å²) >= 11 is 0. The lowest BCUT2D eigenvalue weighted by Crippen LogP contribution is -2.59. The lowest BCUT2D eigenvalue weighted by molar-refractivity contribution is -0.305. The summed E-state index contributed by atoms with van der Waals surface area (Å²) in [6, 6.07) is 0. The van der Waals surface area contributed by atoms with Crippen molar-refractivity contribution in [2.24, 2.45) is 0 Å². The van der Waals surface area contributed by atoms with E-state index in [1.54, 1.807) is 0 Å². The van der Waals surface area contributed by atoms with Gasteiger partial charge in [0.2, 0.25) is 0 Å². The van der Waals surface area contributed by atoms with Crippen LogP contribution in [0.15, 0.2) is 0 Å². The number of aliphatic hydroxyl groups is 4. The Labute approximate surface area is 300 Å². The van der Waals surface area contributed by atoms with Crippen LogP contribution in [0, 0.1) is 0 Å². The van der Waals surface area contributed by atoms with Crippen molar-refractivity contribution in [1.29, 1.82) is 0 Å². The van der Waals surface area contributed by atoms with Crippen LogP contribution in [-0.4, -0.2) is 89.6 Å². The van der Waals surface area contributed by atoms with E-state index in [1.165, 1.54) is 128 Å². The predicted molar refractivity (Wildman–Crippen MR) is 196 cm³/mol. The number of hydrogen-bond acceptors (Lipinski definition) is 9. The third kappa shape index (κ3) is 24.9. The van der Waals surface area contributed by atoms with Crippen molar-refractivity contribution < 1.29 is 44.2 Å². The van der Waals surface area contributed by atoms with E-state index in [1.807, 2.05) is 0 Å². The highest BCUT2D eigenvalue weighted by atomic mass is 16.7. The number of carbonyl (C=O) groups excluding carboxylic acids is 1. The minimum atomic E-state index is -1.53. The molecule has 49 heavy (non-hydrogen) atoms. The standard InChI is InChI=1S/C40H78O9/c1-3-5-7-9-10-11-12-13-14-15-16-17-18-19-20-21-22-23-24-25-26-28-30-46-32-34(48-36(42)29-27-8-6-4-2)33-47-40-39(45)38(44)37(43)35(31-41)49-40/h34-35,37-41,43-45H,3-33H2,1-2H3. The Morgan fingerprint density at radius 1 is 0.571 bits per heavy atom. The molecule has 0 spiro atoms. The zero-order valence-corrected chi connectivity index (χ0v) is 31.7. The second-order valence-electron chi connectivity index (χ2n) is 14.5. The van der Waals surface area contributed by atoms with Gasteiger partial charge in [0.15, 0.2) is 6.29 Å². The molecule has 0 aromatic heterocycles. The lowest BCUT2D eigenvalue weighted by Gasteiger charge is -2.39. The first-order valence-corrected chi connectivity index (χ1v) is 20.6. The predicted octanol–water partition coefficient (Wildman–Crippen LogP) is 8.30. The van der Waals surface area contributed by atoms with Gasteiger partial charge in [-0.25, -0.2) is 0 Å². The van der Waals surface area contributed by atoms with Crippen LogP contribution in [0.5, 0.6) is 0 Å². The molecule has 6 unspecified atom stereocenters. The van der Waals surface area contributed by atoms with Crippen molar-refractivity contribution in [3.05, 3.63) is 0 Å². The normalized spacial score (nSPS) is 21.6. The molecule has 1 heterocycles. The number of esters is 1. The molecule has 9 nitrogen and oxygen atoms in total. The topological polar surface area (TPSA) is 135 Å². The van der Waals surface area contributed by atoms with Crippen LogP contribution in [0.3, 0.4) is 0 Å². The number of rotatable bonds is 35. The van der Waals surface area contributed by atoms with Crippen molar-refractivity contribution in [2.45, 2.75) is 224 Å². The van der Waals surface area contributed by atoms with Crippen molar-refractivity contribution in [3.8, 4) is 0 Å². The van der Waals surface area contributed by atoms with E-state index in [0.29, 0.717) is 13.0 Å². The van der Waals surface area contributed by atoms with Gasteiger partial charge < -0.3 is 39.4 Å². The highest BCUT2D eigenvalue weighted by Crippen LogP contribution is 2.22. The van der Waals surface area contributed by atoms with E-state index >= 15 is 0 Å². The van der Waals surface area contributed by atoms with Crippen LogP contribution in [0.4, 0.5) is 0 Å². The first kappa shape index (κ1) is 46.2. The Morgan fingerprint density at radius 3 is 1.45 bits per heavy atom. The highest BCUT2D eigenvalue weighted by molar-refractivity contribution is 5.69. The second-order valence-corrected chi connectivity index (χ2v) is 14.5. The van der Waals surface area contributed by atoms with Crippen molar-refractivity contribution in [2.75, 3.05) is 26.4 Å². The van der Waals surface area contributed by atoms with E-state index < -0.39 is 43.4 Å². The van der Waals surface area contributed by atoms with Crippen molar-refractivity contribution >= 4 is 5.97 Å². The molecule has 1 rings (SSSR count). The Hall–Kier alpha value is -0.810. The Kier molecular flexibility index (Phi) is 31.2. The molecular weight excluding hydrogens is 624 g/mol. The molecule has 0 aliphatic carbocycles. The first-order chi connectivity index (χ1) is 23.9. The lowest BCUT2D eigenvalue weighted by atomic mass is 9.99. The molecule has 0 aromatic rings. The molecule has 0 aromatic carbocycles. The van der Waals surface area contributed by atoms with E-state index in [4.69, 9.17) is 18.9 Å². The minimum absolute atomic E-state index is 0.108. The van der Waals surface area contributed by atoms with Crippen LogP contribution in [0.1, 0.15) is 187 Å². The van der Waals surface area contributed by atoms with E-state index in [0.717, 1.165) is 38.5 Å². The summed E-state index contributed by atoms with van der Waals surface area (Å²) in [5.41, 5.74) is 0. The smallest absolute Gasteiger partial charge is 0.306 e. The number of carbonyl (C=O) groups is 1. The van der Waals surface area contributed by atoms with Gasteiger partial charge in [-0.05, 0) is 12.8 Å². The van der Waals surface area contributed by atoms with Crippen LogP contribution in [0.25, 0.3) is 0 Å². The quantitative estimate of drug-likeness (QED) is 0.0380. The fourth-order valence-electron chi connectivity index (χ4n) is 6.49. The highest BCUT2D eigenvalue weighted by Gasteiger charge is 2.44. The van der Waals surface area contributed by atoms with Crippen LogP contribution < -0.4 is 0 Å². The summed E-state index contributed by atoms with van der Waals surface area (Å²) in [4.78, 5) is 12.4. The van der Waals surface area contributed by atoms with Gasteiger partial charge in [0.1, 0.15) is 30.5 Å². The molecule has 6 atom stereocenters. The van der Waals surface area contributed by atoms with Gasteiger partial charge in [-0.2, -0.15) is 0 Å². The van der Waals surface area contributed by atoms with Crippen molar-refractivity contribution in [1.82, 2.24) is 0 Å². The largest absolute Gasteiger partial charge is 0.457 e. The Balaban J connectivity index is 2.08. The van der Waals surface area contributed by atoms with E-state index in [2.05, 4.69) is 13.8 Å². The average molecular weight is 703 g/mol. The molecule has 1 saturated heterocycles. The number of hydrogen-bond donors (Lipinski definition) is 4. The first-order valence-electron chi connectivity index (χ1n) is 20.6. The molecule has 1 fully saturated rings. The summed E-state index contributed by atoms with van der Waals surface area (Å²) in [5, 5.41) is 39.7. The molecule has 1 aliphatic rings. The molecule has 0 amide bonds. The van der Waals surface area contributed by atoms with E-state index in [9.17, 15) is 25.2 Å². The third-order valence-electron chi connectivity index (χ3n) is 9.77. The fourth-order valence-corrected chi connectivity index (χ4v) is 6.49. The monoisotopic (exact) mass is 703 g/mol. The van der Waals surface area contributed by atoms with Crippen LogP contribution in [-0.2, 0) is 23.7 Å².